The molecule has 1 aliphatic heterocycles. The van der Waals surface area contributed by atoms with Crippen molar-refractivity contribution in [1.82, 2.24) is 10.0 Å². The Bertz CT molecular complexity index is 1130. The molecule has 3 atom stereocenters. The van der Waals surface area contributed by atoms with E-state index in [0.717, 1.165) is 22.9 Å². The van der Waals surface area contributed by atoms with Crippen LogP contribution in [-0.4, -0.2) is 46.7 Å². The zero-order valence-electron chi connectivity index (χ0n) is 18.8. The first kappa shape index (κ1) is 24.2. The van der Waals surface area contributed by atoms with Crippen LogP contribution in [0.5, 0.6) is 5.75 Å². The first-order valence-electron chi connectivity index (χ1n) is 11.1. The minimum Gasteiger partial charge on any atom is -0.497 e. The van der Waals surface area contributed by atoms with Crippen molar-refractivity contribution in [1.29, 1.82) is 0 Å². The molecule has 9 heteroatoms. The number of ether oxygens (including phenoxy) is 1. The highest BCUT2D eigenvalue weighted by Crippen LogP contribution is 2.39. The highest BCUT2D eigenvalue weighted by Gasteiger charge is 2.53. The van der Waals surface area contributed by atoms with E-state index in [-0.39, 0.29) is 15.6 Å². The summed E-state index contributed by atoms with van der Waals surface area (Å²) in [4.78, 5) is 53.7. The number of benzene rings is 2. The van der Waals surface area contributed by atoms with Crippen molar-refractivity contribution in [2.45, 2.75) is 38.6 Å². The maximum absolute atomic E-state index is 13.7. The Morgan fingerprint density at radius 2 is 1.50 bits per heavy atom. The predicted molar refractivity (Wildman–Crippen MR) is 127 cm³/mol. The molecule has 178 valence electrons. The minimum atomic E-state index is -1.14. The van der Waals surface area contributed by atoms with E-state index in [1.807, 2.05) is 0 Å². The lowest BCUT2D eigenvalue weighted by atomic mass is 9.81. The van der Waals surface area contributed by atoms with Crippen LogP contribution in [0.4, 0.5) is 0 Å². The summed E-state index contributed by atoms with van der Waals surface area (Å²) < 4.78 is 5.14. The fourth-order valence-corrected chi connectivity index (χ4v) is 4.96. The van der Waals surface area contributed by atoms with E-state index in [2.05, 4.69) is 0 Å². The molecule has 2 aromatic rings. The molecule has 4 rings (SSSR count). The summed E-state index contributed by atoms with van der Waals surface area (Å²) in [6.07, 6.45) is 2.85. The smallest absolute Gasteiger partial charge is 0.273 e. The zero-order valence-corrected chi connectivity index (χ0v) is 20.3. The van der Waals surface area contributed by atoms with Gasteiger partial charge in [-0.05, 0) is 62.2 Å². The number of hydrogen-bond acceptors (Lipinski definition) is 5. The van der Waals surface area contributed by atoms with Crippen molar-refractivity contribution >= 4 is 46.7 Å². The number of rotatable bonds is 6. The number of amides is 3. The second kappa shape index (κ2) is 9.76. The van der Waals surface area contributed by atoms with Crippen LogP contribution in [-0.2, 0) is 9.59 Å². The number of hydrogen-bond donors (Lipinski definition) is 0. The number of carbonyl (C=O) groups is 4. The van der Waals surface area contributed by atoms with E-state index in [0.29, 0.717) is 24.2 Å². The minimum absolute atomic E-state index is 0.110. The van der Waals surface area contributed by atoms with Crippen molar-refractivity contribution in [3.63, 3.8) is 0 Å². The molecule has 34 heavy (non-hydrogen) atoms. The standard InChI is InChI=1S/C25H24Cl2N2O5/c1-14(22(30)15-7-10-17(34-2)11-8-15)28(23(31)16-9-12-20(26)21(27)13-16)29-24(32)18-5-3-4-6-19(18)25(29)33/h7-14,18-19H,3-6H2,1-2H3/t14-,18-,19-/m0/s1. The fraction of sp³-hybridized carbons (Fsp3) is 0.360. The number of nitrogens with zero attached hydrogens (tertiary/aromatic N) is 2. The summed E-state index contributed by atoms with van der Waals surface area (Å²) in [6, 6.07) is 9.55. The Balaban J connectivity index is 1.74. The molecule has 0 unspecified atom stereocenters. The van der Waals surface area contributed by atoms with Crippen LogP contribution in [0.1, 0.15) is 53.3 Å². The second-order valence-corrected chi connectivity index (χ2v) is 9.35. The Labute approximate surface area is 207 Å². The van der Waals surface area contributed by atoms with E-state index >= 15 is 0 Å². The topological polar surface area (TPSA) is 84.0 Å². The monoisotopic (exact) mass is 502 g/mol. The van der Waals surface area contributed by atoms with Crippen LogP contribution >= 0.6 is 23.2 Å². The van der Waals surface area contributed by atoms with Gasteiger partial charge in [-0.3, -0.25) is 19.2 Å². The van der Waals surface area contributed by atoms with Gasteiger partial charge in [-0.25, -0.2) is 5.01 Å². The van der Waals surface area contributed by atoms with Crippen LogP contribution in [0, 0.1) is 11.8 Å². The molecule has 1 aliphatic carbocycles. The summed E-state index contributed by atoms with van der Waals surface area (Å²) in [5.41, 5.74) is 0.427. The van der Waals surface area contributed by atoms with Crippen molar-refractivity contribution in [3.05, 3.63) is 63.6 Å². The molecular formula is C25H24Cl2N2O5. The van der Waals surface area contributed by atoms with Crippen LogP contribution in [0.3, 0.4) is 0 Å². The highest BCUT2D eigenvalue weighted by molar-refractivity contribution is 6.42. The van der Waals surface area contributed by atoms with Gasteiger partial charge in [0.2, 0.25) is 0 Å². The van der Waals surface area contributed by atoms with E-state index in [9.17, 15) is 19.2 Å². The van der Waals surface area contributed by atoms with Crippen molar-refractivity contribution in [2.24, 2.45) is 11.8 Å². The molecule has 7 nitrogen and oxygen atoms in total. The van der Waals surface area contributed by atoms with Crippen LogP contribution in [0.15, 0.2) is 42.5 Å². The maximum Gasteiger partial charge on any atom is 0.273 e. The number of ketones is 1. The molecule has 1 heterocycles. The SMILES string of the molecule is COc1ccc(C(=O)[C@H](C)N(C(=O)c2ccc(Cl)c(Cl)c2)N2C(=O)[C@H]3CCCC[C@@H]3C2=O)cc1. The Hall–Kier alpha value is -2.90. The van der Waals surface area contributed by atoms with E-state index < -0.39 is 41.4 Å². The van der Waals surface area contributed by atoms with Gasteiger partial charge >= 0.3 is 0 Å². The summed E-state index contributed by atoms with van der Waals surface area (Å²) in [5, 5.41) is 2.27. The van der Waals surface area contributed by atoms with Crippen LogP contribution in [0.25, 0.3) is 0 Å². The van der Waals surface area contributed by atoms with E-state index in [1.165, 1.54) is 32.2 Å². The van der Waals surface area contributed by atoms with Gasteiger partial charge in [0.05, 0.1) is 29.0 Å². The van der Waals surface area contributed by atoms with Crippen molar-refractivity contribution < 1.29 is 23.9 Å². The molecule has 0 radical (unpaired) electrons. The Morgan fingerprint density at radius 3 is 2.03 bits per heavy atom. The largest absolute Gasteiger partial charge is 0.497 e. The lowest BCUT2D eigenvalue weighted by Crippen LogP contribution is -2.56. The third-order valence-electron chi connectivity index (χ3n) is 6.53. The summed E-state index contributed by atoms with van der Waals surface area (Å²) in [5.74, 6) is -2.39. The average molecular weight is 503 g/mol. The molecule has 0 aromatic heterocycles. The number of methoxy groups -OCH3 is 1. The molecule has 0 bridgehead atoms. The van der Waals surface area contributed by atoms with Crippen molar-refractivity contribution in [3.8, 4) is 5.75 Å². The average Bonchev–Trinajstić information content (AvgIpc) is 3.10. The highest BCUT2D eigenvalue weighted by atomic mass is 35.5. The Kier molecular flexibility index (Phi) is 6.96. The molecule has 0 spiro atoms. The third-order valence-corrected chi connectivity index (χ3v) is 7.27. The van der Waals surface area contributed by atoms with Gasteiger partial charge in [0.1, 0.15) is 11.8 Å². The molecule has 3 amide bonds. The molecule has 2 aromatic carbocycles. The Morgan fingerprint density at radius 1 is 0.941 bits per heavy atom. The van der Waals surface area contributed by atoms with Gasteiger partial charge in [-0.2, -0.15) is 5.01 Å². The molecule has 1 saturated carbocycles. The lowest BCUT2D eigenvalue weighted by molar-refractivity contribution is -0.156. The van der Waals surface area contributed by atoms with E-state index in [4.69, 9.17) is 27.9 Å². The predicted octanol–water partition coefficient (Wildman–Crippen LogP) is 4.81. The van der Waals surface area contributed by atoms with Gasteiger partial charge < -0.3 is 4.74 Å². The normalized spacial score (nSPS) is 20.6. The molecular weight excluding hydrogens is 479 g/mol. The second-order valence-electron chi connectivity index (χ2n) is 8.53. The molecule has 2 fully saturated rings. The number of imide groups is 1. The van der Waals surface area contributed by atoms with Gasteiger partial charge in [0.25, 0.3) is 17.7 Å². The number of Topliss-reactive ketones (excluding diaryl/α,β-unsaturated/α-hetero) is 1. The quantitative estimate of drug-likeness (QED) is 0.418. The van der Waals surface area contributed by atoms with Gasteiger partial charge in [-0.1, -0.05) is 36.0 Å². The van der Waals surface area contributed by atoms with Gasteiger partial charge in [0, 0.05) is 11.1 Å². The lowest BCUT2D eigenvalue weighted by Gasteiger charge is -2.34. The molecule has 2 aliphatic rings. The summed E-state index contributed by atoms with van der Waals surface area (Å²) >= 11 is 12.1. The zero-order chi connectivity index (χ0) is 24.6. The summed E-state index contributed by atoms with van der Waals surface area (Å²) in [7, 11) is 1.52. The maximum atomic E-state index is 13.7. The number of carbonyl (C=O) groups excluding carboxylic acids is 4. The third kappa shape index (κ3) is 4.30. The summed E-state index contributed by atoms with van der Waals surface area (Å²) in [6.45, 7) is 1.50. The first-order chi connectivity index (χ1) is 16.2. The first-order valence-corrected chi connectivity index (χ1v) is 11.8. The number of fused-ring (bicyclic) bond motifs is 1. The van der Waals surface area contributed by atoms with Gasteiger partial charge in [-0.15, -0.1) is 0 Å². The van der Waals surface area contributed by atoms with Crippen molar-refractivity contribution in [2.75, 3.05) is 7.11 Å². The van der Waals surface area contributed by atoms with Gasteiger partial charge in [0.15, 0.2) is 5.78 Å². The number of hydrazine groups is 1. The fourth-order valence-electron chi connectivity index (χ4n) is 4.67. The molecule has 1 saturated heterocycles. The van der Waals surface area contributed by atoms with Crippen LogP contribution in [0.2, 0.25) is 10.0 Å². The van der Waals surface area contributed by atoms with E-state index in [1.54, 1.807) is 24.3 Å². The molecule has 0 N–H and O–H groups in total. The van der Waals surface area contributed by atoms with Crippen LogP contribution < -0.4 is 4.74 Å². The number of halogens is 2.